The summed E-state index contributed by atoms with van der Waals surface area (Å²) in [5, 5.41) is 3.22. The minimum absolute atomic E-state index is 0.227. The van der Waals surface area contributed by atoms with E-state index in [0.29, 0.717) is 0 Å². The number of ketones is 1. The molecule has 1 aliphatic rings. The topological polar surface area (TPSA) is 17.1 Å². The molecular formula is C14H12OS. The number of carbonyl (C=O) groups excluding carboxylic acids is 1. The average Bonchev–Trinajstić information content (AvgIpc) is 2.98. The van der Waals surface area contributed by atoms with Crippen molar-refractivity contribution in [3.8, 4) is 0 Å². The zero-order valence-corrected chi connectivity index (χ0v) is 9.72. The Morgan fingerprint density at radius 3 is 3.00 bits per heavy atom. The van der Waals surface area contributed by atoms with Gasteiger partial charge in [0, 0.05) is 10.3 Å². The molecule has 2 heteroatoms. The van der Waals surface area contributed by atoms with Crippen LogP contribution < -0.4 is 0 Å². The molecule has 0 fully saturated rings. The van der Waals surface area contributed by atoms with Gasteiger partial charge < -0.3 is 0 Å². The van der Waals surface area contributed by atoms with Crippen LogP contribution in [0.15, 0.2) is 41.3 Å². The SMILES string of the molecule is O=C(C1=CCCC1)c1cccc2ccsc12. The highest BCUT2D eigenvalue weighted by atomic mass is 32.1. The normalized spacial score (nSPS) is 15.4. The molecule has 0 spiro atoms. The Morgan fingerprint density at radius 2 is 2.19 bits per heavy atom. The zero-order chi connectivity index (χ0) is 11.0. The second-order valence-corrected chi connectivity index (χ2v) is 5.01. The Balaban J connectivity index is 2.11. The number of hydrogen-bond acceptors (Lipinski definition) is 2. The molecule has 0 atom stereocenters. The van der Waals surface area contributed by atoms with Crippen molar-refractivity contribution in [2.75, 3.05) is 0 Å². The van der Waals surface area contributed by atoms with Gasteiger partial charge in [-0.25, -0.2) is 0 Å². The van der Waals surface area contributed by atoms with E-state index < -0.39 is 0 Å². The van der Waals surface area contributed by atoms with E-state index in [1.54, 1.807) is 11.3 Å². The smallest absolute Gasteiger partial charge is 0.190 e. The first-order valence-electron chi connectivity index (χ1n) is 5.56. The van der Waals surface area contributed by atoms with Crippen LogP contribution in [0.3, 0.4) is 0 Å². The molecule has 1 heterocycles. The second kappa shape index (κ2) is 3.87. The summed E-state index contributed by atoms with van der Waals surface area (Å²) in [6, 6.07) is 8.05. The van der Waals surface area contributed by atoms with Crippen molar-refractivity contribution >= 4 is 27.2 Å². The Hall–Kier alpha value is -1.41. The van der Waals surface area contributed by atoms with Crippen molar-refractivity contribution in [1.82, 2.24) is 0 Å². The molecule has 0 saturated carbocycles. The van der Waals surface area contributed by atoms with Crippen LogP contribution in [0.1, 0.15) is 29.6 Å². The lowest BCUT2D eigenvalue weighted by Crippen LogP contribution is -2.01. The van der Waals surface area contributed by atoms with Crippen molar-refractivity contribution in [2.24, 2.45) is 0 Å². The van der Waals surface area contributed by atoms with Gasteiger partial charge in [0.2, 0.25) is 0 Å². The first-order chi connectivity index (χ1) is 7.86. The van der Waals surface area contributed by atoms with Gasteiger partial charge in [-0.15, -0.1) is 11.3 Å². The van der Waals surface area contributed by atoms with Crippen molar-refractivity contribution in [1.29, 1.82) is 0 Å². The predicted molar refractivity (Wildman–Crippen MR) is 68.1 cm³/mol. The number of fused-ring (bicyclic) bond motifs is 1. The lowest BCUT2D eigenvalue weighted by atomic mass is 10.0. The van der Waals surface area contributed by atoms with Crippen LogP contribution in [-0.4, -0.2) is 5.78 Å². The fourth-order valence-corrected chi connectivity index (χ4v) is 3.13. The first-order valence-corrected chi connectivity index (χ1v) is 6.44. The predicted octanol–water partition coefficient (Wildman–Crippen LogP) is 4.19. The highest BCUT2D eigenvalue weighted by Gasteiger charge is 2.17. The third-order valence-corrected chi connectivity index (χ3v) is 4.02. The van der Waals surface area contributed by atoms with Gasteiger partial charge in [-0.05, 0) is 47.7 Å². The quantitative estimate of drug-likeness (QED) is 0.704. The van der Waals surface area contributed by atoms with E-state index in [1.165, 1.54) is 5.39 Å². The summed E-state index contributed by atoms with van der Waals surface area (Å²) in [7, 11) is 0. The molecule has 80 valence electrons. The summed E-state index contributed by atoms with van der Waals surface area (Å²) in [6.07, 6.45) is 5.22. The van der Waals surface area contributed by atoms with Gasteiger partial charge in [-0.2, -0.15) is 0 Å². The molecule has 0 bridgehead atoms. The number of Topliss-reactive ketones (excluding diaryl/α,β-unsaturated/α-hetero) is 1. The van der Waals surface area contributed by atoms with Crippen LogP contribution in [0.5, 0.6) is 0 Å². The van der Waals surface area contributed by atoms with Crippen LogP contribution in [0.25, 0.3) is 10.1 Å². The van der Waals surface area contributed by atoms with Crippen molar-refractivity contribution in [2.45, 2.75) is 19.3 Å². The summed E-state index contributed by atoms with van der Waals surface area (Å²) in [4.78, 5) is 12.3. The Bertz CT molecular complexity index is 577. The molecule has 16 heavy (non-hydrogen) atoms. The van der Waals surface area contributed by atoms with Crippen LogP contribution in [0.2, 0.25) is 0 Å². The van der Waals surface area contributed by atoms with E-state index >= 15 is 0 Å². The zero-order valence-electron chi connectivity index (χ0n) is 8.90. The number of hydrogen-bond donors (Lipinski definition) is 0. The number of rotatable bonds is 2. The molecule has 1 nitrogen and oxygen atoms in total. The maximum absolute atomic E-state index is 12.3. The van der Waals surface area contributed by atoms with E-state index in [-0.39, 0.29) is 5.78 Å². The first kappa shape index (κ1) is 9.79. The van der Waals surface area contributed by atoms with Crippen molar-refractivity contribution in [3.63, 3.8) is 0 Å². The van der Waals surface area contributed by atoms with Crippen LogP contribution in [0.4, 0.5) is 0 Å². The average molecular weight is 228 g/mol. The van der Waals surface area contributed by atoms with Crippen LogP contribution in [-0.2, 0) is 0 Å². The molecule has 0 radical (unpaired) electrons. The van der Waals surface area contributed by atoms with E-state index in [2.05, 4.69) is 18.2 Å². The van der Waals surface area contributed by atoms with Crippen molar-refractivity contribution in [3.05, 3.63) is 46.9 Å². The Morgan fingerprint density at radius 1 is 1.25 bits per heavy atom. The molecule has 0 N–H and O–H groups in total. The van der Waals surface area contributed by atoms with Gasteiger partial charge in [0.25, 0.3) is 0 Å². The maximum Gasteiger partial charge on any atom is 0.190 e. The molecule has 0 unspecified atom stereocenters. The molecule has 1 aliphatic carbocycles. The lowest BCUT2D eigenvalue weighted by molar-refractivity contribution is 0.103. The fraction of sp³-hybridized carbons (Fsp3) is 0.214. The minimum atomic E-state index is 0.227. The Labute approximate surface area is 98.4 Å². The van der Waals surface area contributed by atoms with Gasteiger partial charge in [-0.3, -0.25) is 4.79 Å². The van der Waals surface area contributed by atoms with E-state index in [0.717, 1.165) is 35.1 Å². The monoisotopic (exact) mass is 228 g/mol. The standard InChI is InChI=1S/C14H12OS/c15-13(10-4-1-2-5-10)12-7-3-6-11-8-9-16-14(11)12/h3-4,6-9H,1-2,5H2. The van der Waals surface area contributed by atoms with E-state index in [9.17, 15) is 4.79 Å². The summed E-state index contributed by atoms with van der Waals surface area (Å²) < 4.78 is 1.13. The summed E-state index contributed by atoms with van der Waals surface area (Å²) >= 11 is 1.65. The molecule has 1 aromatic carbocycles. The number of carbonyl (C=O) groups is 1. The molecular weight excluding hydrogens is 216 g/mol. The lowest BCUT2D eigenvalue weighted by Gasteiger charge is -2.02. The van der Waals surface area contributed by atoms with Gasteiger partial charge >= 0.3 is 0 Å². The van der Waals surface area contributed by atoms with Crippen molar-refractivity contribution < 1.29 is 4.79 Å². The Kier molecular flexibility index (Phi) is 2.37. The maximum atomic E-state index is 12.3. The second-order valence-electron chi connectivity index (χ2n) is 4.10. The third kappa shape index (κ3) is 1.50. The van der Waals surface area contributed by atoms with Gasteiger partial charge in [0.15, 0.2) is 5.78 Å². The van der Waals surface area contributed by atoms with E-state index in [1.807, 2.05) is 17.5 Å². The molecule has 3 rings (SSSR count). The van der Waals surface area contributed by atoms with Gasteiger partial charge in [-0.1, -0.05) is 18.2 Å². The largest absolute Gasteiger partial charge is 0.289 e. The fourth-order valence-electron chi connectivity index (χ4n) is 2.22. The summed E-state index contributed by atoms with van der Waals surface area (Å²) in [5.41, 5.74) is 1.88. The van der Waals surface area contributed by atoms with E-state index in [4.69, 9.17) is 0 Å². The molecule has 2 aromatic rings. The highest BCUT2D eigenvalue weighted by molar-refractivity contribution is 7.17. The molecule has 1 aromatic heterocycles. The highest BCUT2D eigenvalue weighted by Crippen LogP contribution is 2.29. The number of allylic oxidation sites excluding steroid dienone is 2. The van der Waals surface area contributed by atoms with Gasteiger partial charge in [0.05, 0.1) is 0 Å². The van der Waals surface area contributed by atoms with Crippen LogP contribution in [0, 0.1) is 0 Å². The van der Waals surface area contributed by atoms with Gasteiger partial charge in [0.1, 0.15) is 0 Å². The molecule has 0 aliphatic heterocycles. The number of thiophene rings is 1. The summed E-state index contributed by atoms with van der Waals surface area (Å²) in [6.45, 7) is 0. The molecule has 0 amide bonds. The summed E-state index contributed by atoms with van der Waals surface area (Å²) in [5.74, 6) is 0.227. The third-order valence-electron chi connectivity index (χ3n) is 3.06. The number of benzene rings is 1. The molecule has 0 saturated heterocycles. The van der Waals surface area contributed by atoms with Crippen LogP contribution >= 0.6 is 11.3 Å². The minimum Gasteiger partial charge on any atom is -0.289 e.